The molecule has 0 unspecified atom stereocenters. The summed E-state index contributed by atoms with van der Waals surface area (Å²) in [6.45, 7) is 13.5. The minimum absolute atomic E-state index is 0.0399. The lowest BCUT2D eigenvalue weighted by molar-refractivity contribution is 0.568. The molecular weight excluding hydrogens is 502 g/mol. The van der Waals surface area contributed by atoms with Gasteiger partial charge in [0, 0.05) is 29.6 Å². The fourth-order valence-electron chi connectivity index (χ4n) is 5.14. The van der Waals surface area contributed by atoms with Crippen molar-refractivity contribution < 1.29 is 4.42 Å². The van der Waals surface area contributed by atoms with E-state index >= 15 is 0 Å². The molecule has 41 heavy (non-hydrogen) atoms. The predicted molar refractivity (Wildman–Crippen MR) is 171 cm³/mol. The van der Waals surface area contributed by atoms with Gasteiger partial charge < -0.3 is 4.42 Å². The highest BCUT2D eigenvalue weighted by molar-refractivity contribution is 6.03. The van der Waals surface area contributed by atoms with Crippen molar-refractivity contribution in [1.82, 2.24) is 9.97 Å². The molecule has 204 valence electrons. The van der Waals surface area contributed by atoms with Crippen LogP contribution in [0.15, 0.2) is 107 Å². The van der Waals surface area contributed by atoms with Gasteiger partial charge in [-0.2, -0.15) is 0 Å². The Kier molecular flexibility index (Phi) is 6.57. The molecule has 6 rings (SSSR count). The van der Waals surface area contributed by atoms with Gasteiger partial charge in [0.05, 0.1) is 11.3 Å². The normalized spacial score (nSPS) is 12.5. The molecule has 0 saturated carbocycles. The number of aromatic nitrogens is 2. The van der Waals surface area contributed by atoms with Crippen LogP contribution in [-0.2, 0) is 10.8 Å². The second kappa shape index (κ2) is 10.1. The van der Waals surface area contributed by atoms with E-state index in [1.165, 1.54) is 11.1 Å². The van der Waals surface area contributed by atoms with Crippen molar-refractivity contribution in [2.45, 2.75) is 52.4 Å². The smallest absolute Gasteiger partial charge is 0.229 e. The van der Waals surface area contributed by atoms with Crippen molar-refractivity contribution in [3.05, 3.63) is 114 Å². The van der Waals surface area contributed by atoms with Crippen molar-refractivity contribution in [3.8, 4) is 22.6 Å². The molecule has 0 amide bonds. The van der Waals surface area contributed by atoms with Crippen LogP contribution in [0.4, 0.5) is 5.69 Å². The summed E-state index contributed by atoms with van der Waals surface area (Å²) in [5, 5.41) is 2.23. The molecule has 4 nitrogen and oxygen atoms in total. The Morgan fingerprint density at radius 3 is 2.15 bits per heavy atom. The van der Waals surface area contributed by atoms with Crippen LogP contribution in [0.5, 0.6) is 0 Å². The maximum atomic E-state index is 6.35. The van der Waals surface area contributed by atoms with Gasteiger partial charge in [0.2, 0.25) is 5.89 Å². The van der Waals surface area contributed by atoms with Crippen molar-refractivity contribution in [2.24, 2.45) is 4.99 Å². The van der Waals surface area contributed by atoms with Crippen molar-refractivity contribution in [1.29, 1.82) is 0 Å². The number of aliphatic imine (C=N–C) groups is 1. The van der Waals surface area contributed by atoms with Gasteiger partial charge >= 0.3 is 0 Å². The molecule has 2 heterocycles. The first-order chi connectivity index (χ1) is 19.6. The van der Waals surface area contributed by atoms with E-state index in [1.54, 1.807) is 0 Å². The van der Waals surface area contributed by atoms with E-state index < -0.39 is 0 Å². The molecule has 0 aliphatic carbocycles. The second-order valence-electron chi connectivity index (χ2n) is 12.7. The summed E-state index contributed by atoms with van der Waals surface area (Å²) >= 11 is 0. The molecule has 0 bridgehead atoms. The van der Waals surface area contributed by atoms with Gasteiger partial charge in [0.1, 0.15) is 5.52 Å². The fraction of sp³-hybridized carbons (Fsp3) is 0.216. The quantitative estimate of drug-likeness (QED) is 0.210. The Labute approximate surface area is 241 Å². The van der Waals surface area contributed by atoms with Crippen LogP contribution in [-0.4, -0.2) is 16.2 Å². The maximum Gasteiger partial charge on any atom is 0.229 e. The molecular formula is C37H35N3O. The highest BCUT2D eigenvalue weighted by atomic mass is 16.3. The third-order valence-corrected chi connectivity index (χ3v) is 7.56. The Morgan fingerprint density at radius 2 is 1.39 bits per heavy atom. The molecule has 2 aromatic heterocycles. The van der Waals surface area contributed by atoms with Crippen LogP contribution in [0.3, 0.4) is 0 Å². The lowest BCUT2D eigenvalue weighted by Crippen LogP contribution is -2.17. The number of rotatable bonds is 4. The molecule has 0 radical (unpaired) electrons. The van der Waals surface area contributed by atoms with E-state index in [2.05, 4.69) is 89.0 Å². The first-order valence-corrected chi connectivity index (χ1v) is 14.1. The SMILES string of the molecule is CC(C)(C)c1cc(C=Nc2ccccc2-c2nc3c(-c4cccc5cnccc45)cccc3o2)cc(C(C)(C)C)c1. The molecule has 4 aromatic carbocycles. The number of hydrogen-bond acceptors (Lipinski definition) is 4. The Morgan fingerprint density at radius 1 is 0.707 bits per heavy atom. The number of pyridine rings is 1. The molecule has 0 N–H and O–H groups in total. The third-order valence-electron chi connectivity index (χ3n) is 7.56. The summed E-state index contributed by atoms with van der Waals surface area (Å²) in [5.74, 6) is 0.556. The highest BCUT2D eigenvalue weighted by Crippen LogP contribution is 2.37. The first kappa shape index (κ1) is 26.6. The Hall–Kier alpha value is -4.57. The summed E-state index contributed by atoms with van der Waals surface area (Å²) in [7, 11) is 0. The van der Waals surface area contributed by atoms with Crippen LogP contribution in [0.25, 0.3) is 44.5 Å². The molecule has 0 spiro atoms. The van der Waals surface area contributed by atoms with Gasteiger partial charge in [0.25, 0.3) is 0 Å². The van der Waals surface area contributed by atoms with E-state index in [0.717, 1.165) is 49.8 Å². The van der Waals surface area contributed by atoms with Gasteiger partial charge in [-0.15, -0.1) is 0 Å². The number of hydrogen-bond donors (Lipinski definition) is 0. The van der Waals surface area contributed by atoms with E-state index in [9.17, 15) is 0 Å². The molecule has 0 aliphatic heterocycles. The van der Waals surface area contributed by atoms with E-state index in [4.69, 9.17) is 14.4 Å². The van der Waals surface area contributed by atoms with Crippen LogP contribution < -0.4 is 0 Å². The summed E-state index contributed by atoms with van der Waals surface area (Å²) in [6, 6.07) is 29.3. The van der Waals surface area contributed by atoms with Gasteiger partial charge in [-0.3, -0.25) is 9.98 Å². The maximum absolute atomic E-state index is 6.35. The number of para-hydroxylation sites is 2. The largest absolute Gasteiger partial charge is 0.436 e. The number of fused-ring (bicyclic) bond motifs is 2. The minimum Gasteiger partial charge on any atom is -0.436 e. The Bertz CT molecular complexity index is 1880. The summed E-state index contributed by atoms with van der Waals surface area (Å²) < 4.78 is 6.35. The van der Waals surface area contributed by atoms with Crippen molar-refractivity contribution >= 4 is 33.8 Å². The lowest BCUT2D eigenvalue weighted by atomic mass is 9.79. The van der Waals surface area contributed by atoms with Crippen LogP contribution in [0.2, 0.25) is 0 Å². The standard InChI is InChI=1S/C37H35N3O/c1-36(2,3)26-19-24(20-27(21-26)37(4,5)6)22-39-32-15-8-7-12-31(32)35-40-34-30(14-10-16-33(34)41-35)29-13-9-11-25-23-38-18-17-28(25)29/h7-23H,1-6H3. The van der Waals surface area contributed by atoms with Crippen LogP contribution in [0, 0.1) is 0 Å². The molecule has 0 fully saturated rings. The monoisotopic (exact) mass is 537 g/mol. The van der Waals surface area contributed by atoms with Gasteiger partial charge in [-0.05, 0) is 74.9 Å². The molecule has 4 heteroatoms. The highest BCUT2D eigenvalue weighted by Gasteiger charge is 2.21. The van der Waals surface area contributed by atoms with Crippen molar-refractivity contribution in [3.63, 3.8) is 0 Å². The second-order valence-corrected chi connectivity index (χ2v) is 12.7. The minimum atomic E-state index is 0.0399. The van der Waals surface area contributed by atoms with Gasteiger partial charge in [-0.1, -0.05) is 90.1 Å². The number of oxazole rings is 1. The topological polar surface area (TPSA) is 51.3 Å². The molecule has 0 aliphatic rings. The van der Waals surface area contributed by atoms with E-state index in [0.29, 0.717) is 5.89 Å². The number of nitrogens with zero attached hydrogens (tertiary/aromatic N) is 3. The zero-order valence-corrected chi connectivity index (χ0v) is 24.6. The average Bonchev–Trinajstić information content (AvgIpc) is 3.39. The third kappa shape index (κ3) is 5.30. The van der Waals surface area contributed by atoms with E-state index in [-0.39, 0.29) is 10.8 Å². The molecule has 6 aromatic rings. The van der Waals surface area contributed by atoms with Gasteiger partial charge in [-0.25, -0.2) is 4.98 Å². The number of benzene rings is 4. The zero-order chi connectivity index (χ0) is 28.8. The first-order valence-electron chi connectivity index (χ1n) is 14.1. The van der Waals surface area contributed by atoms with E-state index in [1.807, 2.05) is 61.1 Å². The Balaban J connectivity index is 1.43. The summed E-state index contributed by atoms with van der Waals surface area (Å²) in [5.41, 5.74) is 9.16. The molecule has 0 atom stereocenters. The average molecular weight is 538 g/mol. The predicted octanol–water partition coefficient (Wildman–Crippen LogP) is 10.1. The summed E-state index contributed by atoms with van der Waals surface area (Å²) in [6.07, 6.45) is 5.68. The van der Waals surface area contributed by atoms with Gasteiger partial charge in [0.15, 0.2) is 5.58 Å². The van der Waals surface area contributed by atoms with Crippen molar-refractivity contribution in [2.75, 3.05) is 0 Å². The summed E-state index contributed by atoms with van der Waals surface area (Å²) in [4.78, 5) is 14.3. The molecule has 0 saturated heterocycles. The zero-order valence-electron chi connectivity index (χ0n) is 24.6. The van der Waals surface area contributed by atoms with Crippen LogP contribution >= 0.6 is 0 Å². The fourth-order valence-corrected chi connectivity index (χ4v) is 5.14. The lowest BCUT2D eigenvalue weighted by Gasteiger charge is -2.25. The van der Waals surface area contributed by atoms with Crippen LogP contribution in [0.1, 0.15) is 58.2 Å².